The van der Waals surface area contributed by atoms with E-state index in [4.69, 9.17) is 9.47 Å². The number of ether oxygens (including phenoxy) is 2. The van der Waals surface area contributed by atoms with Crippen molar-refractivity contribution in [2.45, 2.75) is 77.4 Å². The minimum absolute atomic E-state index is 0.436. The van der Waals surface area contributed by atoms with E-state index in [9.17, 15) is 9.59 Å². The van der Waals surface area contributed by atoms with Crippen molar-refractivity contribution in [3.63, 3.8) is 0 Å². The highest BCUT2D eigenvalue weighted by Gasteiger charge is 2.25. The lowest BCUT2D eigenvalue weighted by Crippen LogP contribution is -2.44. The number of hydrogen-bond acceptors (Lipinski definition) is 4. The molecule has 0 unspecified atom stereocenters. The molecule has 5 heteroatoms. The third kappa shape index (κ3) is 7.48. The van der Waals surface area contributed by atoms with E-state index in [1.54, 1.807) is 20.8 Å². The van der Waals surface area contributed by atoms with Gasteiger partial charge >= 0.3 is 12.1 Å². The van der Waals surface area contributed by atoms with Crippen LogP contribution >= 0.6 is 0 Å². The third-order valence-corrected chi connectivity index (χ3v) is 3.53. The topological polar surface area (TPSA) is 64.6 Å². The molecule has 5 nitrogen and oxygen atoms in total. The van der Waals surface area contributed by atoms with Crippen LogP contribution in [0.25, 0.3) is 0 Å². The number of carbonyl (C=O) groups excluding carboxylic acids is 2. The number of amides is 1. The van der Waals surface area contributed by atoms with Crippen LogP contribution in [-0.2, 0) is 14.3 Å². The molecule has 1 aliphatic carbocycles. The molecule has 0 saturated carbocycles. The van der Waals surface area contributed by atoms with Crippen LogP contribution in [0, 0.1) is 0 Å². The first kappa shape index (κ1) is 18.5. The molecule has 22 heavy (non-hydrogen) atoms. The molecule has 0 fully saturated rings. The van der Waals surface area contributed by atoms with E-state index in [0.717, 1.165) is 19.3 Å². The summed E-state index contributed by atoms with van der Waals surface area (Å²) in [5, 5.41) is 2.63. The second-order valence-corrected chi connectivity index (χ2v) is 6.74. The summed E-state index contributed by atoms with van der Waals surface area (Å²) in [5.41, 5.74) is 0.621. The van der Waals surface area contributed by atoms with E-state index >= 15 is 0 Å². The number of esters is 1. The first-order valence-corrected chi connectivity index (χ1v) is 8.07. The Kier molecular flexibility index (Phi) is 7.42. The van der Waals surface area contributed by atoms with Gasteiger partial charge in [-0.05, 0) is 52.9 Å². The number of methoxy groups -OCH3 is 1. The fourth-order valence-electron chi connectivity index (χ4n) is 2.49. The van der Waals surface area contributed by atoms with Crippen LogP contribution in [0.1, 0.15) is 65.7 Å². The van der Waals surface area contributed by atoms with Crippen LogP contribution in [0.2, 0.25) is 0 Å². The molecule has 0 spiro atoms. The maximum absolute atomic E-state index is 11.9. The van der Waals surface area contributed by atoms with Gasteiger partial charge in [0.15, 0.2) is 0 Å². The SMILES string of the molecule is COC(=O)[C@H](C/C1=C/CCCCCC1)NC(=O)OC(C)(C)C. The van der Waals surface area contributed by atoms with Crippen molar-refractivity contribution in [1.29, 1.82) is 0 Å². The number of allylic oxidation sites excluding steroid dienone is 1. The Hall–Kier alpha value is -1.52. The Bertz CT molecular complexity index is 409. The van der Waals surface area contributed by atoms with Gasteiger partial charge in [-0.2, -0.15) is 0 Å². The van der Waals surface area contributed by atoms with Crippen molar-refractivity contribution >= 4 is 12.1 Å². The van der Waals surface area contributed by atoms with E-state index in [2.05, 4.69) is 11.4 Å². The molecule has 1 N–H and O–H groups in total. The van der Waals surface area contributed by atoms with Gasteiger partial charge in [-0.3, -0.25) is 0 Å². The zero-order chi connectivity index (χ0) is 16.6. The van der Waals surface area contributed by atoms with Crippen LogP contribution in [0.4, 0.5) is 4.79 Å². The van der Waals surface area contributed by atoms with Gasteiger partial charge in [0.25, 0.3) is 0 Å². The first-order chi connectivity index (χ1) is 10.3. The average Bonchev–Trinajstić information content (AvgIpc) is 2.37. The van der Waals surface area contributed by atoms with Gasteiger partial charge in [0.1, 0.15) is 11.6 Å². The lowest BCUT2D eigenvalue weighted by atomic mass is 9.95. The largest absolute Gasteiger partial charge is 0.467 e. The van der Waals surface area contributed by atoms with E-state index < -0.39 is 23.7 Å². The van der Waals surface area contributed by atoms with Crippen LogP contribution in [-0.4, -0.2) is 30.8 Å². The van der Waals surface area contributed by atoms with Crippen molar-refractivity contribution in [2.75, 3.05) is 7.11 Å². The lowest BCUT2D eigenvalue weighted by Gasteiger charge is -2.23. The van der Waals surface area contributed by atoms with Crippen molar-refractivity contribution in [1.82, 2.24) is 5.32 Å². The summed E-state index contributed by atoms with van der Waals surface area (Å²) in [6.45, 7) is 5.37. The Morgan fingerprint density at radius 2 is 1.91 bits per heavy atom. The molecule has 126 valence electrons. The molecule has 1 atom stereocenters. The van der Waals surface area contributed by atoms with Gasteiger partial charge in [0.05, 0.1) is 7.11 Å². The Morgan fingerprint density at radius 1 is 1.23 bits per heavy atom. The van der Waals surface area contributed by atoms with Gasteiger partial charge in [0.2, 0.25) is 0 Å². The number of nitrogens with one attached hydrogen (secondary N) is 1. The van der Waals surface area contributed by atoms with Crippen molar-refractivity contribution < 1.29 is 19.1 Å². The fourth-order valence-corrected chi connectivity index (χ4v) is 2.49. The summed E-state index contributed by atoms with van der Waals surface area (Å²) in [6.07, 6.45) is 8.92. The first-order valence-electron chi connectivity index (χ1n) is 8.07. The fraction of sp³-hybridized carbons (Fsp3) is 0.765. The summed E-state index contributed by atoms with van der Waals surface area (Å²) in [6, 6.07) is -0.689. The summed E-state index contributed by atoms with van der Waals surface area (Å²) < 4.78 is 10.0. The number of rotatable bonds is 4. The molecule has 1 aliphatic rings. The van der Waals surface area contributed by atoms with Gasteiger partial charge < -0.3 is 14.8 Å². The highest BCUT2D eigenvalue weighted by atomic mass is 16.6. The molecule has 0 aromatic carbocycles. The molecule has 0 aromatic rings. The molecule has 0 radical (unpaired) electrons. The van der Waals surface area contributed by atoms with E-state index in [1.165, 1.54) is 31.9 Å². The van der Waals surface area contributed by atoms with Crippen molar-refractivity contribution in [2.24, 2.45) is 0 Å². The average molecular weight is 311 g/mol. The standard InChI is InChI=1S/C17H29NO4/c1-17(2,3)22-16(20)18-14(15(19)21-4)12-13-10-8-6-5-7-9-11-13/h10,14H,5-9,11-12H2,1-4H3,(H,18,20)/b13-10+/t14-/m0/s1. The Balaban J connectivity index is 2.67. The van der Waals surface area contributed by atoms with Gasteiger partial charge in [0, 0.05) is 0 Å². The molecule has 0 aromatic heterocycles. The maximum atomic E-state index is 11.9. The number of carbonyl (C=O) groups is 2. The van der Waals surface area contributed by atoms with Gasteiger partial charge in [-0.25, -0.2) is 9.59 Å². The Morgan fingerprint density at radius 3 is 2.55 bits per heavy atom. The Labute approximate surface area is 133 Å². The molecular formula is C17H29NO4. The maximum Gasteiger partial charge on any atom is 0.408 e. The van der Waals surface area contributed by atoms with Crippen molar-refractivity contribution in [3.8, 4) is 0 Å². The third-order valence-electron chi connectivity index (χ3n) is 3.53. The number of alkyl carbamates (subject to hydrolysis) is 1. The highest BCUT2D eigenvalue weighted by Crippen LogP contribution is 2.21. The quantitative estimate of drug-likeness (QED) is 0.635. The molecule has 1 amide bonds. The van der Waals surface area contributed by atoms with Crippen LogP contribution in [0.15, 0.2) is 11.6 Å². The molecule has 0 saturated heterocycles. The zero-order valence-corrected chi connectivity index (χ0v) is 14.2. The predicted octanol–water partition coefficient (Wildman–Crippen LogP) is 3.72. The smallest absolute Gasteiger partial charge is 0.408 e. The summed E-state index contributed by atoms with van der Waals surface area (Å²) >= 11 is 0. The lowest BCUT2D eigenvalue weighted by molar-refractivity contribution is -0.143. The van der Waals surface area contributed by atoms with Crippen LogP contribution < -0.4 is 5.32 Å². The second-order valence-electron chi connectivity index (χ2n) is 6.74. The summed E-state index contributed by atoms with van der Waals surface area (Å²) in [5.74, 6) is -0.436. The molecule has 0 aliphatic heterocycles. The van der Waals surface area contributed by atoms with Crippen LogP contribution in [0.5, 0.6) is 0 Å². The predicted molar refractivity (Wildman–Crippen MR) is 85.6 cm³/mol. The van der Waals surface area contributed by atoms with Gasteiger partial charge in [-0.1, -0.05) is 24.5 Å². The van der Waals surface area contributed by atoms with Gasteiger partial charge in [-0.15, -0.1) is 0 Å². The zero-order valence-electron chi connectivity index (χ0n) is 14.2. The summed E-state index contributed by atoms with van der Waals surface area (Å²) in [7, 11) is 1.33. The molecule has 0 bridgehead atoms. The van der Waals surface area contributed by atoms with E-state index in [-0.39, 0.29) is 0 Å². The second kappa shape index (κ2) is 8.81. The summed E-state index contributed by atoms with van der Waals surface area (Å²) in [4.78, 5) is 23.8. The highest BCUT2D eigenvalue weighted by molar-refractivity contribution is 5.81. The minimum Gasteiger partial charge on any atom is -0.467 e. The monoisotopic (exact) mass is 311 g/mol. The minimum atomic E-state index is -0.689. The normalized spacial score (nSPS) is 19.9. The van der Waals surface area contributed by atoms with E-state index in [1.807, 2.05) is 0 Å². The number of hydrogen-bond donors (Lipinski definition) is 1. The van der Waals surface area contributed by atoms with Crippen molar-refractivity contribution in [3.05, 3.63) is 11.6 Å². The molecule has 0 heterocycles. The molecular weight excluding hydrogens is 282 g/mol. The van der Waals surface area contributed by atoms with E-state index in [0.29, 0.717) is 6.42 Å². The molecule has 1 rings (SSSR count). The van der Waals surface area contributed by atoms with Crippen LogP contribution in [0.3, 0.4) is 0 Å².